The maximum Gasteiger partial charge on any atom is 0.405 e. The van der Waals surface area contributed by atoms with Gasteiger partial charge in [-0.1, -0.05) is 58.6 Å². The minimum Gasteiger partial charge on any atom is -0.496 e. The number of hydrogen-bond donors (Lipinski definition) is 1. The number of ketones is 1. The van der Waals surface area contributed by atoms with Crippen LogP contribution in [0, 0.1) is 0 Å². The van der Waals surface area contributed by atoms with Gasteiger partial charge in [-0.3, -0.25) is 9.59 Å². The summed E-state index contributed by atoms with van der Waals surface area (Å²) < 4.78 is 83.1. The minimum absolute atomic E-state index is 0.0152. The van der Waals surface area contributed by atoms with Crippen molar-refractivity contribution in [2.75, 3.05) is 13.7 Å². The second kappa shape index (κ2) is 12.6. The molecular weight excluding hydrogens is 594 g/mol. The van der Waals surface area contributed by atoms with E-state index < -0.39 is 49.3 Å². The summed E-state index contributed by atoms with van der Waals surface area (Å²) in [4.78, 5) is 24.0. The molecule has 0 bridgehead atoms. The molecule has 1 amide bonds. The van der Waals surface area contributed by atoms with Gasteiger partial charge in [0.2, 0.25) is 5.91 Å². The zero-order chi connectivity index (χ0) is 28.1. The summed E-state index contributed by atoms with van der Waals surface area (Å²) in [7, 11) is 1.21. The summed E-state index contributed by atoms with van der Waals surface area (Å²) >= 11 is 23.7. The lowest BCUT2D eigenvalue weighted by molar-refractivity contribution is -0.139. The van der Waals surface area contributed by atoms with Crippen LogP contribution in [0.25, 0.3) is 6.08 Å². The molecule has 4 nitrogen and oxygen atoms in total. The summed E-state index contributed by atoms with van der Waals surface area (Å²) in [6, 6.07) is 4.42. The molecule has 0 aliphatic heterocycles. The van der Waals surface area contributed by atoms with Crippen LogP contribution in [-0.4, -0.2) is 37.7 Å². The minimum atomic E-state index is -4.74. The van der Waals surface area contributed by atoms with Crippen LogP contribution in [0.5, 0.6) is 5.75 Å². The maximum atomic E-state index is 13.8. The van der Waals surface area contributed by atoms with Crippen molar-refractivity contribution in [1.29, 1.82) is 0 Å². The van der Waals surface area contributed by atoms with E-state index in [4.69, 9.17) is 51.1 Å². The fraction of sp³-hybridized carbons (Fsp3) is 0.304. The van der Waals surface area contributed by atoms with Crippen LogP contribution in [0.3, 0.4) is 0 Å². The van der Waals surface area contributed by atoms with Gasteiger partial charge in [0.15, 0.2) is 5.78 Å². The fourth-order valence-corrected chi connectivity index (χ4v) is 3.99. The number of rotatable bonds is 9. The van der Waals surface area contributed by atoms with Gasteiger partial charge >= 0.3 is 12.4 Å². The first-order valence-electron chi connectivity index (χ1n) is 10.2. The van der Waals surface area contributed by atoms with E-state index in [1.54, 1.807) is 5.32 Å². The van der Waals surface area contributed by atoms with Crippen molar-refractivity contribution in [3.05, 3.63) is 67.1 Å². The van der Waals surface area contributed by atoms with E-state index in [-0.39, 0.29) is 42.5 Å². The van der Waals surface area contributed by atoms with Gasteiger partial charge in [-0.05, 0) is 29.8 Å². The van der Waals surface area contributed by atoms with E-state index in [1.807, 2.05) is 0 Å². The third-order valence-electron chi connectivity index (χ3n) is 4.87. The molecule has 0 spiro atoms. The van der Waals surface area contributed by atoms with Crippen LogP contribution in [-0.2, 0) is 4.79 Å². The van der Waals surface area contributed by atoms with Gasteiger partial charge in [0.05, 0.1) is 33.1 Å². The maximum absolute atomic E-state index is 13.8. The molecule has 2 aromatic rings. The molecular formula is C23H17Cl4F6NO3. The number of alkyl halides is 6. The molecule has 0 aromatic heterocycles. The van der Waals surface area contributed by atoms with Gasteiger partial charge in [0.1, 0.15) is 12.3 Å². The highest BCUT2D eigenvalue weighted by Gasteiger charge is 2.39. The highest BCUT2D eigenvalue weighted by Crippen LogP contribution is 2.41. The summed E-state index contributed by atoms with van der Waals surface area (Å²) in [5.41, 5.74) is -0.306. The summed E-state index contributed by atoms with van der Waals surface area (Å²) in [5.74, 6) is -3.83. The first kappa shape index (κ1) is 31.1. The Balaban J connectivity index is 2.29. The first-order chi connectivity index (χ1) is 17.0. The molecule has 37 heavy (non-hydrogen) atoms. The molecule has 1 atom stereocenters. The summed E-state index contributed by atoms with van der Waals surface area (Å²) in [6.45, 7) is -1.54. The standard InChI is InChI=1S/C23H17Cl4F6NO3/c1-37-19-9-13(18(35)4-5-20(36)34-10-22(28,29)30)15(24)6-11(19)2-3-14(23(31,32)33)12-7-16(25)21(27)17(26)8-12/h2-3,6-9,14H,4-5,10H2,1H3,(H,34,36)/b3-2+. The van der Waals surface area contributed by atoms with Crippen LogP contribution in [0.1, 0.15) is 40.2 Å². The Morgan fingerprint density at radius 2 is 1.54 bits per heavy atom. The van der Waals surface area contributed by atoms with E-state index in [2.05, 4.69) is 0 Å². The van der Waals surface area contributed by atoms with Crippen molar-refractivity contribution in [1.82, 2.24) is 5.32 Å². The monoisotopic (exact) mass is 609 g/mol. The number of methoxy groups -OCH3 is 1. The fourth-order valence-electron chi connectivity index (χ4n) is 3.10. The van der Waals surface area contributed by atoms with Crippen molar-refractivity contribution in [2.45, 2.75) is 31.1 Å². The Morgan fingerprint density at radius 1 is 0.946 bits per heavy atom. The largest absolute Gasteiger partial charge is 0.496 e. The molecule has 202 valence electrons. The number of carbonyl (C=O) groups is 2. The molecule has 0 fully saturated rings. The van der Waals surface area contributed by atoms with Crippen molar-refractivity contribution in [2.24, 2.45) is 0 Å². The van der Waals surface area contributed by atoms with Crippen molar-refractivity contribution < 1.29 is 40.7 Å². The SMILES string of the molecule is COc1cc(C(=O)CCC(=O)NCC(F)(F)F)c(Cl)cc1/C=C/C(c1cc(Cl)c(Cl)c(Cl)c1)C(F)(F)F. The van der Waals surface area contributed by atoms with Crippen molar-refractivity contribution in [3.8, 4) is 5.75 Å². The molecule has 1 unspecified atom stereocenters. The van der Waals surface area contributed by atoms with Crippen molar-refractivity contribution in [3.63, 3.8) is 0 Å². The summed E-state index contributed by atoms with van der Waals surface area (Å²) in [6.07, 6.45) is -8.44. The number of hydrogen-bond acceptors (Lipinski definition) is 3. The van der Waals surface area contributed by atoms with E-state index in [9.17, 15) is 35.9 Å². The van der Waals surface area contributed by atoms with Crippen LogP contribution >= 0.6 is 46.4 Å². The number of ether oxygens (including phenoxy) is 1. The van der Waals surface area contributed by atoms with E-state index >= 15 is 0 Å². The van der Waals surface area contributed by atoms with Gasteiger partial charge in [-0.15, -0.1) is 0 Å². The zero-order valence-corrected chi connectivity index (χ0v) is 21.7. The van der Waals surface area contributed by atoms with E-state index in [0.29, 0.717) is 0 Å². The van der Waals surface area contributed by atoms with E-state index in [0.717, 1.165) is 30.4 Å². The second-order valence-corrected chi connectivity index (χ2v) is 9.17. The Bertz CT molecular complexity index is 1180. The van der Waals surface area contributed by atoms with Gasteiger partial charge < -0.3 is 10.1 Å². The molecule has 14 heteroatoms. The highest BCUT2D eigenvalue weighted by atomic mass is 35.5. The molecule has 0 saturated heterocycles. The topological polar surface area (TPSA) is 55.4 Å². The van der Waals surface area contributed by atoms with Gasteiger partial charge in [0, 0.05) is 24.0 Å². The van der Waals surface area contributed by atoms with Crippen LogP contribution in [0.15, 0.2) is 30.3 Å². The molecule has 0 saturated carbocycles. The number of Topliss-reactive ketones (excluding diaryl/α,β-unsaturated/α-hetero) is 1. The first-order valence-corrected chi connectivity index (χ1v) is 11.7. The third-order valence-corrected chi connectivity index (χ3v) is 6.38. The Kier molecular flexibility index (Phi) is 10.6. The second-order valence-electron chi connectivity index (χ2n) is 7.57. The van der Waals surface area contributed by atoms with Crippen molar-refractivity contribution >= 4 is 64.2 Å². The van der Waals surface area contributed by atoms with Gasteiger partial charge in [0.25, 0.3) is 0 Å². The molecule has 0 aliphatic rings. The van der Waals surface area contributed by atoms with E-state index in [1.165, 1.54) is 13.2 Å². The molecule has 0 heterocycles. The van der Waals surface area contributed by atoms with Crippen LogP contribution in [0.2, 0.25) is 20.1 Å². The van der Waals surface area contributed by atoms with Gasteiger partial charge in [-0.25, -0.2) is 0 Å². The number of nitrogens with one attached hydrogen (secondary N) is 1. The average Bonchev–Trinajstić information content (AvgIpc) is 2.78. The molecule has 0 aliphatic carbocycles. The number of halogens is 10. The Labute approximate surface area is 227 Å². The lowest BCUT2D eigenvalue weighted by Crippen LogP contribution is -2.33. The molecule has 2 aromatic carbocycles. The normalized spacial score (nSPS) is 13.1. The lowest BCUT2D eigenvalue weighted by Gasteiger charge is -2.19. The van der Waals surface area contributed by atoms with Crippen LogP contribution in [0.4, 0.5) is 26.3 Å². The molecule has 2 rings (SSSR count). The predicted octanol–water partition coefficient (Wildman–Crippen LogP) is 8.31. The van der Waals surface area contributed by atoms with Crippen LogP contribution < -0.4 is 10.1 Å². The van der Waals surface area contributed by atoms with Gasteiger partial charge in [-0.2, -0.15) is 26.3 Å². The number of benzene rings is 2. The highest BCUT2D eigenvalue weighted by molar-refractivity contribution is 6.48. The smallest absolute Gasteiger partial charge is 0.405 e. The Morgan fingerprint density at radius 3 is 2.05 bits per heavy atom. The average molecular weight is 611 g/mol. The number of carbonyl (C=O) groups excluding carboxylic acids is 2. The quantitative estimate of drug-likeness (QED) is 0.176. The number of amides is 1. The molecule has 1 N–H and O–H groups in total. The molecule has 0 radical (unpaired) electrons. The Hall–Kier alpha value is -2.14. The lowest BCUT2D eigenvalue weighted by atomic mass is 9.96. The number of allylic oxidation sites excluding steroid dienone is 1. The zero-order valence-electron chi connectivity index (χ0n) is 18.7. The third kappa shape index (κ3) is 8.98. The summed E-state index contributed by atoms with van der Waals surface area (Å²) in [5, 5.41) is 1.05. The predicted molar refractivity (Wildman–Crippen MR) is 130 cm³/mol.